The largest absolute Gasteiger partial charge is 0.348 e. The average Bonchev–Trinajstić information content (AvgIpc) is 2.29. The van der Waals surface area contributed by atoms with Crippen molar-refractivity contribution in [2.75, 3.05) is 32.7 Å². The number of aryl methyl sites for hydroxylation is 2. The fraction of sp³-hybridized carbons (Fsp3) is 0.615. The van der Waals surface area contributed by atoms with Crippen LogP contribution in [0, 0.1) is 13.8 Å². The van der Waals surface area contributed by atoms with Crippen LogP contribution in [0.15, 0.2) is 16.9 Å². The number of aromatic nitrogens is 1. The molecule has 4 nitrogen and oxygen atoms in total. The second-order valence-electron chi connectivity index (χ2n) is 4.72. The van der Waals surface area contributed by atoms with Crippen LogP contribution >= 0.6 is 0 Å². The molecule has 2 heterocycles. The minimum absolute atomic E-state index is 0.110. The van der Waals surface area contributed by atoms with Crippen molar-refractivity contribution in [3.05, 3.63) is 33.7 Å². The molecular formula is C13H21N3O. The molecule has 94 valence electrons. The number of hydrogen-bond donors (Lipinski definition) is 1. The maximum Gasteiger partial charge on any atom is 0.182 e. The number of nitrogens with zero attached hydrogens (tertiary/aromatic N) is 2. The van der Waals surface area contributed by atoms with E-state index in [0.29, 0.717) is 0 Å². The summed E-state index contributed by atoms with van der Waals surface area (Å²) in [6, 6.07) is 3.43. The summed E-state index contributed by atoms with van der Waals surface area (Å²) in [6.45, 7) is 10.5. The molecule has 0 radical (unpaired) electrons. The Morgan fingerprint density at radius 3 is 2.29 bits per heavy atom. The highest BCUT2D eigenvalue weighted by Gasteiger charge is 2.09. The Labute approximate surface area is 102 Å². The zero-order chi connectivity index (χ0) is 12.3. The Morgan fingerprint density at radius 2 is 1.71 bits per heavy atom. The quantitative estimate of drug-likeness (QED) is 0.822. The SMILES string of the molecule is Cc1cc(=O)cc(C)n1CCN1CCNCC1. The van der Waals surface area contributed by atoms with Crippen molar-refractivity contribution < 1.29 is 0 Å². The lowest BCUT2D eigenvalue weighted by Gasteiger charge is -2.28. The zero-order valence-electron chi connectivity index (χ0n) is 10.7. The minimum Gasteiger partial charge on any atom is -0.348 e. The maximum absolute atomic E-state index is 11.3. The van der Waals surface area contributed by atoms with Gasteiger partial charge in [-0.15, -0.1) is 0 Å². The summed E-state index contributed by atoms with van der Waals surface area (Å²) in [4.78, 5) is 13.8. The highest BCUT2D eigenvalue weighted by molar-refractivity contribution is 5.12. The molecule has 1 aliphatic heterocycles. The molecule has 0 aliphatic carbocycles. The molecule has 1 fully saturated rings. The third-order valence-electron chi connectivity index (χ3n) is 3.40. The number of piperazine rings is 1. The van der Waals surface area contributed by atoms with Crippen LogP contribution in [0.4, 0.5) is 0 Å². The van der Waals surface area contributed by atoms with E-state index in [4.69, 9.17) is 0 Å². The smallest absolute Gasteiger partial charge is 0.182 e. The Bertz CT molecular complexity index is 407. The number of nitrogens with one attached hydrogen (secondary N) is 1. The summed E-state index contributed by atoms with van der Waals surface area (Å²) >= 11 is 0. The van der Waals surface area contributed by atoms with Crippen LogP contribution in [0.1, 0.15) is 11.4 Å². The Hall–Kier alpha value is -1.13. The summed E-state index contributed by atoms with van der Waals surface area (Å²) in [6.07, 6.45) is 0. The first-order chi connectivity index (χ1) is 8.16. The molecule has 2 rings (SSSR count). The number of hydrogen-bond acceptors (Lipinski definition) is 3. The molecule has 0 spiro atoms. The summed E-state index contributed by atoms with van der Waals surface area (Å²) < 4.78 is 2.23. The highest BCUT2D eigenvalue weighted by Crippen LogP contribution is 2.02. The van der Waals surface area contributed by atoms with Gasteiger partial charge in [-0.1, -0.05) is 0 Å². The molecule has 1 saturated heterocycles. The zero-order valence-corrected chi connectivity index (χ0v) is 10.7. The average molecular weight is 235 g/mol. The van der Waals surface area contributed by atoms with E-state index in [9.17, 15) is 4.79 Å². The number of pyridine rings is 1. The molecule has 0 atom stereocenters. The summed E-state index contributed by atoms with van der Waals surface area (Å²) in [5, 5.41) is 3.35. The van der Waals surface area contributed by atoms with Gasteiger partial charge in [-0.3, -0.25) is 9.69 Å². The summed E-state index contributed by atoms with van der Waals surface area (Å²) in [5.41, 5.74) is 2.23. The molecule has 0 bridgehead atoms. The van der Waals surface area contributed by atoms with Crippen molar-refractivity contribution in [1.29, 1.82) is 0 Å². The van der Waals surface area contributed by atoms with Crippen LogP contribution in [0.2, 0.25) is 0 Å². The monoisotopic (exact) mass is 235 g/mol. The molecule has 0 aromatic carbocycles. The van der Waals surface area contributed by atoms with Crippen LogP contribution < -0.4 is 10.7 Å². The van der Waals surface area contributed by atoms with Gasteiger partial charge in [0.15, 0.2) is 5.43 Å². The van der Waals surface area contributed by atoms with Crippen molar-refractivity contribution in [2.45, 2.75) is 20.4 Å². The second kappa shape index (κ2) is 5.47. The van der Waals surface area contributed by atoms with E-state index in [2.05, 4.69) is 14.8 Å². The fourth-order valence-corrected chi connectivity index (χ4v) is 2.42. The summed E-state index contributed by atoms with van der Waals surface area (Å²) in [5.74, 6) is 0. The van der Waals surface area contributed by atoms with Gasteiger partial charge in [-0.25, -0.2) is 0 Å². The first-order valence-electron chi connectivity index (χ1n) is 6.28. The van der Waals surface area contributed by atoms with E-state index in [-0.39, 0.29) is 5.43 Å². The lowest BCUT2D eigenvalue weighted by atomic mass is 10.3. The van der Waals surface area contributed by atoms with Gasteiger partial charge in [0.25, 0.3) is 0 Å². The predicted molar refractivity (Wildman–Crippen MR) is 69.5 cm³/mol. The van der Waals surface area contributed by atoms with Crippen molar-refractivity contribution in [1.82, 2.24) is 14.8 Å². The normalized spacial score (nSPS) is 17.3. The summed E-state index contributed by atoms with van der Waals surface area (Å²) in [7, 11) is 0. The van der Waals surface area contributed by atoms with Crippen molar-refractivity contribution in [3.8, 4) is 0 Å². The third-order valence-corrected chi connectivity index (χ3v) is 3.40. The Morgan fingerprint density at radius 1 is 1.12 bits per heavy atom. The Kier molecular flexibility index (Phi) is 3.97. The molecule has 0 saturated carbocycles. The Balaban J connectivity index is 2.00. The van der Waals surface area contributed by atoms with Crippen molar-refractivity contribution in [2.24, 2.45) is 0 Å². The molecule has 0 unspecified atom stereocenters. The third kappa shape index (κ3) is 3.17. The van der Waals surface area contributed by atoms with E-state index in [1.807, 2.05) is 13.8 Å². The van der Waals surface area contributed by atoms with E-state index < -0.39 is 0 Å². The molecule has 17 heavy (non-hydrogen) atoms. The highest BCUT2D eigenvalue weighted by atomic mass is 16.1. The first kappa shape index (κ1) is 12.3. The van der Waals surface area contributed by atoms with Gasteiger partial charge in [0.05, 0.1) is 0 Å². The van der Waals surface area contributed by atoms with Gasteiger partial charge in [0, 0.05) is 62.8 Å². The lowest BCUT2D eigenvalue weighted by Crippen LogP contribution is -2.44. The molecular weight excluding hydrogens is 214 g/mol. The van der Waals surface area contributed by atoms with Crippen LogP contribution in [0.25, 0.3) is 0 Å². The predicted octanol–water partition coefficient (Wildman–Crippen LogP) is 0.370. The van der Waals surface area contributed by atoms with Crippen molar-refractivity contribution >= 4 is 0 Å². The van der Waals surface area contributed by atoms with Crippen LogP contribution in [-0.2, 0) is 6.54 Å². The number of rotatable bonds is 3. The minimum atomic E-state index is 0.110. The topological polar surface area (TPSA) is 37.3 Å². The van der Waals surface area contributed by atoms with Gasteiger partial charge in [-0.2, -0.15) is 0 Å². The molecule has 1 aromatic heterocycles. The second-order valence-corrected chi connectivity index (χ2v) is 4.72. The van der Waals surface area contributed by atoms with Gasteiger partial charge < -0.3 is 9.88 Å². The molecule has 1 N–H and O–H groups in total. The van der Waals surface area contributed by atoms with Crippen LogP contribution in [-0.4, -0.2) is 42.2 Å². The maximum atomic E-state index is 11.3. The van der Waals surface area contributed by atoms with E-state index >= 15 is 0 Å². The molecule has 0 amide bonds. The van der Waals surface area contributed by atoms with Gasteiger partial charge in [0.2, 0.25) is 0 Å². The van der Waals surface area contributed by atoms with Gasteiger partial charge in [-0.05, 0) is 13.8 Å². The fourth-order valence-electron chi connectivity index (χ4n) is 2.42. The van der Waals surface area contributed by atoms with E-state index in [1.165, 1.54) is 0 Å². The standard InChI is InChI=1S/C13H21N3O/c1-11-9-13(17)10-12(2)16(11)8-7-15-5-3-14-4-6-15/h9-10,14H,3-8H2,1-2H3. The molecule has 1 aromatic rings. The van der Waals surface area contributed by atoms with E-state index in [1.54, 1.807) is 12.1 Å². The molecule has 4 heteroatoms. The van der Waals surface area contributed by atoms with E-state index in [0.717, 1.165) is 50.7 Å². The van der Waals surface area contributed by atoms with Crippen molar-refractivity contribution in [3.63, 3.8) is 0 Å². The first-order valence-corrected chi connectivity index (χ1v) is 6.28. The van der Waals surface area contributed by atoms with Gasteiger partial charge >= 0.3 is 0 Å². The molecule has 1 aliphatic rings. The van der Waals surface area contributed by atoms with Crippen LogP contribution in [0.3, 0.4) is 0 Å². The van der Waals surface area contributed by atoms with Crippen LogP contribution in [0.5, 0.6) is 0 Å². The lowest BCUT2D eigenvalue weighted by molar-refractivity contribution is 0.231. The van der Waals surface area contributed by atoms with Gasteiger partial charge in [0.1, 0.15) is 0 Å².